The van der Waals surface area contributed by atoms with Gasteiger partial charge in [-0.15, -0.1) is 0 Å². The first-order chi connectivity index (χ1) is 15.5. The molecule has 0 unspecified atom stereocenters. The molecule has 8 heteroatoms. The summed E-state index contributed by atoms with van der Waals surface area (Å²) in [6, 6.07) is 16.3. The molecule has 2 amide bonds. The monoisotopic (exact) mass is 470 g/mol. The normalized spacial score (nSPS) is 13.1. The SMILES string of the molecule is CCCN(CC(=O)Nc1cc(Cl)ccc1Cl)C(=O)c1cc(C2CC2)nn1-c1ccccc1. The first-order valence-corrected chi connectivity index (χ1v) is 11.4. The Labute approximate surface area is 197 Å². The summed E-state index contributed by atoms with van der Waals surface area (Å²) < 4.78 is 1.68. The topological polar surface area (TPSA) is 67.2 Å². The Morgan fingerprint density at radius 3 is 2.56 bits per heavy atom. The predicted molar refractivity (Wildman–Crippen MR) is 127 cm³/mol. The Kier molecular flexibility index (Phi) is 6.82. The van der Waals surface area contributed by atoms with Gasteiger partial charge in [0.2, 0.25) is 5.91 Å². The summed E-state index contributed by atoms with van der Waals surface area (Å²) in [5.74, 6) is -0.175. The third-order valence-corrected chi connectivity index (χ3v) is 5.83. The van der Waals surface area contributed by atoms with Gasteiger partial charge in [0.15, 0.2) is 0 Å². The lowest BCUT2D eigenvalue weighted by Crippen LogP contribution is -2.39. The summed E-state index contributed by atoms with van der Waals surface area (Å²) in [5, 5.41) is 8.31. The van der Waals surface area contributed by atoms with E-state index in [0.717, 1.165) is 24.2 Å². The van der Waals surface area contributed by atoms with Gasteiger partial charge in [-0.3, -0.25) is 9.59 Å². The molecule has 0 spiro atoms. The zero-order valence-corrected chi connectivity index (χ0v) is 19.2. The van der Waals surface area contributed by atoms with Crippen molar-refractivity contribution in [1.29, 1.82) is 0 Å². The van der Waals surface area contributed by atoms with Crippen LogP contribution in [0.25, 0.3) is 5.69 Å². The van der Waals surface area contributed by atoms with E-state index < -0.39 is 0 Å². The molecular weight excluding hydrogens is 447 g/mol. The summed E-state index contributed by atoms with van der Waals surface area (Å²) >= 11 is 12.2. The van der Waals surface area contributed by atoms with E-state index in [9.17, 15) is 9.59 Å². The molecule has 1 saturated carbocycles. The van der Waals surface area contributed by atoms with Crippen molar-refractivity contribution in [2.75, 3.05) is 18.4 Å². The molecule has 4 rings (SSSR count). The number of aromatic nitrogens is 2. The lowest BCUT2D eigenvalue weighted by Gasteiger charge is -2.22. The molecule has 0 bridgehead atoms. The number of hydrogen-bond acceptors (Lipinski definition) is 3. The zero-order valence-electron chi connectivity index (χ0n) is 17.7. The zero-order chi connectivity index (χ0) is 22.7. The Morgan fingerprint density at radius 2 is 1.88 bits per heavy atom. The first-order valence-electron chi connectivity index (χ1n) is 10.7. The van der Waals surface area contributed by atoms with Gasteiger partial charge in [-0.05, 0) is 55.7 Å². The molecular formula is C24H24Cl2N4O2. The van der Waals surface area contributed by atoms with Gasteiger partial charge in [0.1, 0.15) is 12.2 Å². The van der Waals surface area contributed by atoms with Crippen LogP contribution in [-0.2, 0) is 4.79 Å². The Bertz CT molecular complexity index is 1130. The molecule has 0 saturated heterocycles. The number of halogens is 2. The number of para-hydroxylation sites is 1. The Balaban J connectivity index is 1.58. The molecule has 2 aromatic carbocycles. The molecule has 1 heterocycles. The average Bonchev–Trinajstić information content (AvgIpc) is 3.54. The van der Waals surface area contributed by atoms with Crippen LogP contribution in [0.4, 0.5) is 5.69 Å². The highest BCUT2D eigenvalue weighted by Gasteiger charge is 2.30. The molecule has 1 aliphatic carbocycles. The van der Waals surface area contributed by atoms with Gasteiger partial charge in [-0.25, -0.2) is 4.68 Å². The van der Waals surface area contributed by atoms with E-state index in [-0.39, 0.29) is 18.4 Å². The second-order valence-electron chi connectivity index (χ2n) is 7.88. The van der Waals surface area contributed by atoms with Crippen LogP contribution in [0, 0.1) is 0 Å². The molecule has 1 N–H and O–H groups in total. The van der Waals surface area contributed by atoms with E-state index >= 15 is 0 Å². The number of carbonyl (C=O) groups excluding carboxylic acids is 2. The minimum Gasteiger partial charge on any atom is -0.328 e. The number of benzene rings is 2. The third-order valence-electron chi connectivity index (χ3n) is 5.26. The lowest BCUT2D eigenvalue weighted by atomic mass is 10.2. The van der Waals surface area contributed by atoms with Gasteiger partial charge < -0.3 is 10.2 Å². The van der Waals surface area contributed by atoms with Gasteiger partial charge in [0, 0.05) is 17.5 Å². The van der Waals surface area contributed by atoms with E-state index in [0.29, 0.717) is 40.3 Å². The van der Waals surface area contributed by atoms with E-state index in [2.05, 4.69) is 5.32 Å². The van der Waals surface area contributed by atoms with Crippen molar-refractivity contribution in [2.24, 2.45) is 0 Å². The van der Waals surface area contributed by atoms with Crippen molar-refractivity contribution in [3.8, 4) is 5.69 Å². The minimum atomic E-state index is -0.343. The smallest absolute Gasteiger partial charge is 0.273 e. The van der Waals surface area contributed by atoms with E-state index in [1.165, 1.54) is 0 Å². The first kappa shape index (κ1) is 22.4. The van der Waals surface area contributed by atoms with Crippen LogP contribution < -0.4 is 5.32 Å². The number of anilines is 1. The van der Waals surface area contributed by atoms with E-state index in [4.69, 9.17) is 28.3 Å². The van der Waals surface area contributed by atoms with Gasteiger partial charge in [0.25, 0.3) is 5.91 Å². The molecule has 32 heavy (non-hydrogen) atoms. The van der Waals surface area contributed by atoms with Crippen LogP contribution in [0.5, 0.6) is 0 Å². The third kappa shape index (κ3) is 5.14. The molecule has 3 aromatic rings. The molecule has 6 nitrogen and oxygen atoms in total. The van der Waals surface area contributed by atoms with Crippen LogP contribution in [0.2, 0.25) is 10.0 Å². The van der Waals surface area contributed by atoms with E-state index in [1.54, 1.807) is 27.8 Å². The summed E-state index contributed by atoms with van der Waals surface area (Å²) in [6.45, 7) is 2.30. The minimum absolute atomic E-state index is 0.103. The second kappa shape index (κ2) is 9.76. The molecule has 0 atom stereocenters. The number of nitrogens with zero attached hydrogens (tertiary/aromatic N) is 3. The highest BCUT2D eigenvalue weighted by molar-refractivity contribution is 6.35. The average molecular weight is 471 g/mol. The molecule has 1 fully saturated rings. The van der Waals surface area contributed by atoms with Crippen molar-refractivity contribution >= 4 is 40.7 Å². The maximum Gasteiger partial charge on any atom is 0.273 e. The van der Waals surface area contributed by atoms with Crippen molar-refractivity contribution < 1.29 is 9.59 Å². The quantitative estimate of drug-likeness (QED) is 0.469. The van der Waals surface area contributed by atoms with Crippen molar-refractivity contribution in [2.45, 2.75) is 32.1 Å². The standard InChI is InChI=1S/C24H24Cl2N4O2/c1-2-12-29(15-23(31)27-21-13-17(25)10-11-19(21)26)24(32)22-14-20(16-8-9-16)28-30(22)18-6-4-3-5-7-18/h3-7,10-11,13-14,16H,2,8-9,12,15H2,1H3,(H,27,31). The molecule has 0 aliphatic heterocycles. The summed E-state index contributed by atoms with van der Waals surface area (Å²) in [7, 11) is 0. The Hall–Kier alpha value is -2.83. The van der Waals surface area contributed by atoms with Crippen LogP contribution in [-0.4, -0.2) is 39.6 Å². The summed E-state index contributed by atoms with van der Waals surface area (Å²) in [4.78, 5) is 27.8. The number of hydrogen-bond donors (Lipinski definition) is 1. The molecule has 1 aromatic heterocycles. The van der Waals surface area contributed by atoms with E-state index in [1.807, 2.05) is 43.3 Å². The molecule has 0 radical (unpaired) electrons. The second-order valence-corrected chi connectivity index (χ2v) is 8.72. The maximum absolute atomic E-state index is 13.5. The van der Waals surface area contributed by atoms with Crippen molar-refractivity contribution in [1.82, 2.24) is 14.7 Å². The maximum atomic E-state index is 13.5. The number of rotatable bonds is 8. The van der Waals surface area contributed by atoms with Crippen LogP contribution in [0.15, 0.2) is 54.6 Å². The predicted octanol–water partition coefficient (Wildman–Crippen LogP) is 5.55. The van der Waals surface area contributed by atoms with Crippen LogP contribution in [0.3, 0.4) is 0 Å². The highest BCUT2D eigenvalue weighted by Crippen LogP contribution is 2.40. The summed E-state index contributed by atoms with van der Waals surface area (Å²) in [6.07, 6.45) is 2.88. The molecule has 166 valence electrons. The lowest BCUT2D eigenvalue weighted by molar-refractivity contribution is -0.116. The van der Waals surface area contributed by atoms with Crippen LogP contribution >= 0.6 is 23.2 Å². The largest absolute Gasteiger partial charge is 0.328 e. The molecule has 1 aliphatic rings. The fraction of sp³-hybridized carbons (Fsp3) is 0.292. The fourth-order valence-corrected chi connectivity index (χ4v) is 3.87. The number of amides is 2. The van der Waals surface area contributed by atoms with Crippen molar-refractivity contribution in [3.63, 3.8) is 0 Å². The summed E-state index contributed by atoms with van der Waals surface area (Å²) in [5.41, 5.74) is 2.61. The van der Waals surface area contributed by atoms with Crippen LogP contribution in [0.1, 0.15) is 48.3 Å². The van der Waals surface area contributed by atoms with Crippen molar-refractivity contribution in [3.05, 3.63) is 76.0 Å². The number of carbonyl (C=O) groups is 2. The van der Waals surface area contributed by atoms with Gasteiger partial charge in [-0.1, -0.05) is 48.3 Å². The highest BCUT2D eigenvalue weighted by atomic mass is 35.5. The van der Waals surface area contributed by atoms with Gasteiger partial charge >= 0.3 is 0 Å². The Morgan fingerprint density at radius 1 is 1.12 bits per heavy atom. The fourth-order valence-electron chi connectivity index (χ4n) is 3.54. The van der Waals surface area contributed by atoms with Gasteiger partial charge in [-0.2, -0.15) is 5.10 Å². The van der Waals surface area contributed by atoms with Gasteiger partial charge in [0.05, 0.1) is 22.1 Å². The number of nitrogens with one attached hydrogen (secondary N) is 1.